The standard InChI is InChI=1S/C30H45N5O6S/c1-19-16-24-23(34(15-13-32-27(38)40-6)26(37)30(42-24)11-7-8-12-30)17-22(19)25(36)35(20(2)31)21-10-9-14-33(18-21)28(39)41-29(3,4)5/h16-17,20-21H,7-15,18,31H2,1-6H3,(H,32,38)/t20?,21-/m1/s1. The molecule has 12 heteroatoms. The van der Waals surface area contributed by atoms with Gasteiger partial charge < -0.3 is 35.2 Å². The van der Waals surface area contributed by atoms with Crippen molar-refractivity contribution in [3.05, 3.63) is 23.3 Å². The number of hydrogen-bond acceptors (Lipinski definition) is 8. The first-order valence-corrected chi connectivity index (χ1v) is 15.6. The number of alkyl carbamates (subject to hydrolysis) is 1. The third kappa shape index (κ3) is 6.80. The lowest BCUT2D eigenvalue weighted by molar-refractivity contribution is -0.121. The van der Waals surface area contributed by atoms with Gasteiger partial charge in [0.25, 0.3) is 5.91 Å². The first-order valence-electron chi connectivity index (χ1n) is 14.8. The van der Waals surface area contributed by atoms with Crippen LogP contribution in [0, 0.1) is 6.92 Å². The van der Waals surface area contributed by atoms with Crippen LogP contribution in [0.5, 0.6) is 0 Å². The number of anilines is 1. The number of fused-ring (bicyclic) bond motifs is 1. The van der Waals surface area contributed by atoms with E-state index in [1.54, 1.807) is 39.5 Å². The van der Waals surface area contributed by atoms with E-state index in [9.17, 15) is 19.2 Å². The fourth-order valence-electron chi connectivity index (χ4n) is 6.13. The lowest BCUT2D eigenvalue weighted by Gasteiger charge is -2.42. The summed E-state index contributed by atoms with van der Waals surface area (Å²) in [6.45, 7) is 10.5. The van der Waals surface area contributed by atoms with E-state index >= 15 is 0 Å². The van der Waals surface area contributed by atoms with Gasteiger partial charge in [-0.15, -0.1) is 11.8 Å². The van der Waals surface area contributed by atoms with Crippen LogP contribution in [0.25, 0.3) is 0 Å². The third-order valence-corrected chi connectivity index (χ3v) is 9.60. The molecular weight excluding hydrogens is 558 g/mol. The zero-order chi connectivity index (χ0) is 30.8. The molecule has 0 radical (unpaired) electrons. The van der Waals surface area contributed by atoms with E-state index in [0.29, 0.717) is 30.8 Å². The van der Waals surface area contributed by atoms with Gasteiger partial charge in [-0.25, -0.2) is 9.59 Å². The molecule has 4 amide bonds. The molecule has 1 saturated heterocycles. The smallest absolute Gasteiger partial charge is 0.410 e. The second-order valence-corrected chi connectivity index (χ2v) is 13.9. The number of ether oxygens (including phenoxy) is 2. The zero-order valence-corrected chi connectivity index (χ0v) is 26.5. The molecule has 2 aliphatic heterocycles. The van der Waals surface area contributed by atoms with Crippen molar-refractivity contribution in [3.63, 3.8) is 0 Å². The number of nitrogens with one attached hydrogen (secondary N) is 1. The summed E-state index contributed by atoms with van der Waals surface area (Å²) >= 11 is 1.60. The van der Waals surface area contributed by atoms with Gasteiger partial charge in [0.15, 0.2) is 0 Å². The Balaban J connectivity index is 1.64. The Morgan fingerprint density at radius 3 is 2.52 bits per heavy atom. The van der Waals surface area contributed by atoms with Gasteiger partial charge in [-0.2, -0.15) is 0 Å². The van der Waals surface area contributed by atoms with Crippen molar-refractivity contribution in [1.29, 1.82) is 0 Å². The number of nitrogens with zero attached hydrogens (tertiary/aromatic N) is 3. The summed E-state index contributed by atoms with van der Waals surface area (Å²) in [5, 5.41) is 2.67. The van der Waals surface area contributed by atoms with E-state index in [1.165, 1.54) is 7.11 Å². The van der Waals surface area contributed by atoms with Gasteiger partial charge in [-0.3, -0.25) is 9.59 Å². The third-order valence-electron chi connectivity index (χ3n) is 8.08. The maximum Gasteiger partial charge on any atom is 0.410 e. The molecule has 1 aromatic carbocycles. The van der Waals surface area contributed by atoms with Crippen LogP contribution in [0.2, 0.25) is 0 Å². The summed E-state index contributed by atoms with van der Waals surface area (Å²) in [5.74, 6) is -0.233. The minimum absolute atomic E-state index is 0.00995. The number of likely N-dealkylation sites (tertiary alicyclic amines) is 1. The number of amides is 4. The highest BCUT2D eigenvalue weighted by molar-refractivity contribution is 8.01. The minimum atomic E-state index is -0.619. The first-order chi connectivity index (χ1) is 19.8. The number of carbonyl (C=O) groups excluding carboxylic acids is 4. The van der Waals surface area contributed by atoms with E-state index in [0.717, 1.165) is 42.6 Å². The highest BCUT2D eigenvalue weighted by atomic mass is 32.2. The molecular formula is C30H45N5O6S. The number of benzene rings is 1. The summed E-state index contributed by atoms with van der Waals surface area (Å²) in [4.78, 5) is 58.6. The van der Waals surface area contributed by atoms with Crippen LogP contribution >= 0.6 is 11.8 Å². The predicted molar refractivity (Wildman–Crippen MR) is 162 cm³/mol. The van der Waals surface area contributed by atoms with Crippen LogP contribution in [0.4, 0.5) is 15.3 Å². The van der Waals surface area contributed by atoms with E-state index in [1.807, 2.05) is 33.8 Å². The maximum absolute atomic E-state index is 14.2. The molecule has 1 unspecified atom stereocenters. The van der Waals surface area contributed by atoms with Gasteiger partial charge in [0, 0.05) is 36.6 Å². The average molecular weight is 604 g/mol. The van der Waals surface area contributed by atoms with E-state index < -0.39 is 28.7 Å². The molecule has 1 saturated carbocycles. The average Bonchev–Trinajstić information content (AvgIpc) is 3.38. The van der Waals surface area contributed by atoms with Crippen molar-refractivity contribution in [3.8, 4) is 0 Å². The topological polar surface area (TPSA) is 135 Å². The molecule has 232 valence electrons. The van der Waals surface area contributed by atoms with Crippen molar-refractivity contribution >= 4 is 41.5 Å². The zero-order valence-electron chi connectivity index (χ0n) is 25.7. The Kier molecular flexibility index (Phi) is 9.66. The van der Waals surface area contributed by atoms with E-state index in [-0.39, 0.29) is 30.9 Å². The highest BCUT2D eigenvalue weighted by Gasteiger charge is 2.49. The SMILES string of the molecule is COC(=O)NCCN1C(=O)C2(CCCC2)Sc2cc(C)c(C(=O)N(C(C)N)[C@@H]3CCCN(C(=O)OC(C)(C)C)C3)cc21. The van der Waals surface area contributed by atoms with Crippen LogP contribution in [-0.4, -0.2) is 89.6 Å². The van der Waals surface area contributed by atoms with Crippen molar-refractivity contribution in [2.24, 2.45) is 5.73 Å². The van der Waals surface area contributed by atoms with Crippen molar-refractivity contribution < 1.29 is 28.7 Å². The van der Waals surface area contributed by atoms with Gasteiger partial charge in [-0.05, 0) is 78.0 Å². The van der Waals surface area contributed by atoms with E-state index in [2.05, 4.69) is 5.32 Å². The Hall–Kier alpha value is -2.99. The molecule has 4 rings (SSSR count). The number of thioether (sulfide) groups is 1. The summed E-state index contributed by atoms with van der Waals surface area (Å²) in [7, 11) is 1.30. The van der Waals surface area contributed by atoms with Gasteiger partial charge >= 0.3 is 12.2 Å². The van der Waals surface area contributed by atoms with Crippen LogP contribution in [0.3, 0.4) is 0 Å². The second-order valence-electron chi connectivity index (χ2n) is 12.5. The van der Waals surface area contributed by atoms with Crippen LogP contribution < -0.4 is 16.0 Å². The lowest BCUT2D eigenvalue weighted by atomic mass is 9.99. The normalized spacial score (nSPS) is 20.6. The Morgan fingerprint density at radius 2 is 1.90 bits per heavy atom. The second kappa shape index (κ2) is 12.7. The Morgan fingerprint density at radius 1 is 1.21 bits per heavy atom. The van der Waals surface area contributed by atoms with Crippen LogP contribution in [0.15, 0.2) is 17.0 Å². The fourth-order valence-corrected chi connectivity index (χ4v) is 7.75. The quantitative estimate of drug-likeness (QED) is 0.461. The first kappa shape index (κ1) is 31.9. The summed E-state index contributed by atoms with van der Waals surface area (Å²) in [6, 6.07) is 3.50. The summed E-state index contributed by atoms with van der Waals surface area (Å²) in [6.07, 6.45) is 3.43. The number of rotatable bonds is 6. The summed E-state index contributed by atoms with van der Waals surface area (Å²) in [5.41, 5.74) is 7.70. The van der Waals surface area contributed by atoms with Gasteiger partial charge in [0.2, 0.25) is 5.91 Å². The largest absolute Gasteiger partial charge is 0.453 e. The number of carbonyl (C=O) groups is 4. The van der Waals surface area contributed by atoms with Crippen molar-refractivity contribution in [2.75, 3.05) is 38.2 Å². The number of piperidine rings is 1. The molecule has 2 atom stereocenters. The van der Waals surface area contributed by atoms with Crippen LogP contribution in [-0.2, 0) is 14.3 Å². The molecule has 1 spiro atoms. The van der Waals surface area contributed by atoms with Gasteiger partial charge in [-0.1, -0.05) is 12.8 Å². The number of nitrogens with two attached hydrogens (primary N) is 1. The van der Waals surface area contributed by atoms with Crippen LogP contribution in [0.1, 0.15) is 82.1 Å². The molecule has 0 bridgehead atoms. The molecule has 3 aliphatic rings. The number of methoxy groups -OCH3 is 1. The lowest BCUT2D eigenvalue weighted by Crippen LogP contribution is -2.57. The molecule has 1 aliphatic carbocycles. The Bertz CT molecular complexity index is 1210. The predicted octanol–water partition coefficient (Wildman–Crippen LogP) is 4.25. The number of aryl methyl sites for hydroxylation is 1. The van der Waals surface area contributed by atoms with Gasteiger partial charge in [0.05, 0.1) is 29.8 Å². The molecule has 11 nitrogen and oxygen atoms in total. The molecule has 1 aromatic rings. The van der Waals surface area contributed by atoms with Crippen molar-refractivity contribution in [1.82, 2.24) is 15.1 Å². The monoisotopic (exact) mass is 603 g/mol. The van der Waals surface area contributed by atoms with Gasteiger partial charge in [0.1, 0.15) is 5.60 Å². The minimum Gasteiger partial charge on any atom is -0.453 e. The molecule has 2 fully saturated rings. The Labute approximate surface area is 252 Å². The molecule has 0 aromatic heterocycles. The highest BCUT2D eigenvalue weighted by Crippen LogP contribution is 2.53. The van der Waals surface area contributed by atoms with Crippen molar-refractivity contribution in [2.45, 2.75) is 101 Å². The molecule has 3 N–H and O–H groups in total. The number of hydrogen-bond donors (Lipinski definition) is 2. The molecule has 42 heavy (non-hydrogen) atoms. The van der Waals surface area contributed by atoms with E-state index in [4.69, 9.17) is 15.2 Å². The fraction of sp³-hybridized carbons (Fsp3) is 0.667. The maximum atomic E-state index is 14.2. The summed E-state index contributed by atoms with van der Waals surface area (Å²) < 4.78 is 9.76. The molecule has 2 heterocycles.